The zero-order chi connectivity index (χ0) is 15.9. The number of amides is 1. The summed E-state index contributed by atoms with van der Waals surface area (Å²) in [6.07, 6.45) is 3.12. The Morgan fingerprint density at radius 2 is 2.22 bits per heavy atom. The molecule has 1 fully saturated rings. The lowest BCUT2D eigenvalue weighted by atomic mass is 10.4. The molecule has 0 aliphatic carbocycles. The van der Waals surface area contributed by atoms with Gasteiger partial charge in [0.15, 0.2) is 0 Å². The Morgan fingerprint density at radius 1 is 1.35 bits per heavy atom. The summed E-state index contributed by atoms with van der Waals surface area (Å²) in [5.74, 6) is 1.86. The monoisotopic (exact) mass is 334 g/mol. The maximum absolute atomic E-state index is 11.9. The number of carbonyl (C=O) groups is 1. The van der Waals surface area contributed by atoms with Crippen molar-refractivity contribution in [1.29, 1.82) is 0 Å². The fraction of sp³-hybridized carbons (Fsp3) is 0.400. The molecule has 1 amide bonds. The molecule has 1 saturated heterocycles. The number of aromatic nitrogens is 2. The summed E-state index contributed by atoms with van der Waals surface area (Å²) in [5, 5.41) is 3.60. The zero-order valence-electron chi connectivity index (χ0n) is 12.6. The van der Waals surface area contributed by atoms with E-state index in [1.165, 1.54) is 18.1 Å². The van der Waals surface area contributed by atoms with Crippen LogP contribution in [0.4, 0.5) is 5.82 Å². The molecule has 8 heteroatoms. The third-order valence-corrected chi connectivity index (χ3v) is 4.28. The minimum atomic E-state index is -0.0575. The molecule has 1 N–H and O–H groups in total. The Bertz CT molecular complexity index is 629. The molecule has 0 radical (unpaired) electrons. The van der Waals surface area contributed by atoms with Crippen molar-refractivity contribution in [3.05, 3.63) is 36.5 Å². The maximum Gasteiger partial charge on any atom is 0.230 e. The number of anilines is 1. The summed E-state index contributed by atoms with van der Waals surface area (Å²) in [7, 11) is 0. The molecule has 2 aromatic heterocycles. The molecule has 0 saturated carbocycles. The van der Waals surface area contributed by atoms with Crippen molar-refractivity contribution in [2.75, 3.05) is 37.0 Å². The summed E-state index contributed by atoms with van der Waals surface area (Å²) in [6, 6.07) is 5.53. The van der Waals surface area contributed by atoms with Crippen LogP contribution in [-0.2, 0) is 16.1 Å². The van der Waals surface area contributed by atoms with Crippen LogP contribution in [0.25, 0.3) is 0 Å². The van der Waals surface area contributed by atoms with E-state index in [0.29, 0.717) is 25.5 Å². The Kier molecular flexibility index (Phi) is 5.49. The van der Waals surface area contributed by atoms with Gasteiger partial charge >= 0.3 is 0 Å². The number of furan rings is 1. The summed E-state index contributed by atoms with van der Waals surface area (Å²) in [6.45, 7) is 3.47. The second-order valence-electron chi connectivity index (χ2n) is 4.96. The number of nitrogens with zero attached hydrogens (tertiary/aromatic N) is 3. The molecule has 23 heavy (non-hydrogen) atoms. The smallest absolute Gasteiger partial charge is 0.230 e. The molecule has 7 nitrogen and oxygen atoms in total. The van der Waals surface area contributed by atoms with E-state index >= 15 is 0 Å². The van der Waals surface area contributed by atoms with Crippen molar-refractivity contribution in [3.63, 3.8) is 0 Å². The Hall–Kier alpha value is -2.06. The van der Waals surface area contributed by atoms with E-state index in [4.69, 9.17) is 9.15 Å². The number of thioether (sulfide) groups is 1. The Morgan fingerprint density at radius 3 is 3.00 bits per heavy atom. The van der Waals surface area contributed by atoms with Gasteiger partial charge in [-0.15, -0.1) is 0 Å². The van der Waals surface area contributed by atoms with Gasteiger partial charge < -0.3 is 19.4 Å². The lowest BCUT2D eigenvalue weighted by molar-refractivity contribution is -0.118. The molecule has 3 rings (SSSR count). The van der Waals surface area contributed by atoms with E-state index in [-0.39, 0.29) is 5.91 Å². The first-order valence-electron chi connectivity index (χ1n) is 7.38. The van der Waals surface area contributed by atoms with Gasteiger partial charge in [0.1, 0.15) is 22.9 Å². The predicted molar refractivity (Wildman–Crippen MR) is 86.3 cm³/mol. The molecule has 0 bridgehead atoms. The highest BCUT2D eigenvalue weighted by Gasteiger charge is 2.13. The van der Waals surface area contributed by atoms with Crippen molar-refractivity contribution < 1.29 is 13.9 Å². The van der Waals surface area contributed by atoms with E-state index < -0.39 is 0 Å². The highest BCUT2D eigenvalue weighted by molar-refractivity contribution is 7.99. The van der Waals surface area contributed by atoms with Gasteiger partial charge in [0.05, 0.1) is 31.8 Å². The van der Waals surface area contributed by atoms with Crippen LogP contribution in [0.5, 0.6) is 0 Å². The van der Waals surface area contributed by atoms with E-state index in [9.17, 15) is 4.79 Å². The first kappa shape index (κ1) is 15.8. The topological polar surface area (TPSA) is 80.5 Å². The second-order valence-corrected chi connectivity index (χ2v) is 5.95. The van der Waals surface area contributed by atoms with Crippen LogP contribution < -0.4 is 10.2 Å². The SMILES string of the molecule is O=C(CSc1cc(N2CCOCC2)ncn1)NCc1ccco1. The number of hydrogen-bond donors (Lipinski definition) is 1. The fourth-order valence-corrected chi connectivity index (χ4v) is 2.86. The largest absolute Gasteiger partial charge is 0.467 e. The van der Waals surface area contributed by atoms with Crippen molar-refractivity contribution in [2.45, 2.75) is 11.6 Å². The van der Waals surface area contributed by atoms with Crippen molar-refractivity contribution >= 4 is 23.5 Å². The second kappa shape index (κ2) is 7.98. The lowest BCUT2D eigenvalue weighted by Crippen LogP contribution is -2.36. The molecular formula is C15H18N4O3S. The number of rotatable bonds is 6. The summed E-state index contributed by atoms with van der Waals surface area (Å²) < 4.78 is 10.5. The average Bonchev–Trinajstić information content (AvgIpc) is 3.13. The number of hydrogen-bond acceptors (Lipinski definition) is 7. The van der Waals surface area contributed by atoms with E-state index in [2.05, 4.69) is 20.2 Å². The molecule has 0 atom stereocenters. The molecular weight excluding hydrogens is 316 g/mol. The first-order chi connectivity index (χ1) is 11.3. The van der Waals surface area contributed by atoms with Gasteiger partial charge in [0.25, 0.3) is 0 Å². The first-order valence-corrected chi connectivity index (χ1v) is 8.36. The van der Waals surface area contributed by atoms with Gasteiger partial charge in [-0.2, -0.15) is 0 Å². The van der Waals surface area contributed by atoms with E-state index in [1.807, 2.05) is 12.1 Å². The van der Waals surface area contributed by atoms with Crippen LogP contribution in [0.2, 0.25) is 0 Å². The molecule has 0 unspecified atom stereocenters. The minimum Gasteiger partial charge on any atom is -0.467 e. The van der Waals surface area contributed by atoms with Crippen molar-refractivity contribution in [3.8, 4) is 0 Å². The Labute approximate surface area is 138 Å². The molecule has 0 spiro atoms. The van der Waals surface area contributed by atoms with Crippen molar-refractivity contribution in [1.82, 2.24) is 15.3 Å². The number of ether oxygens (including phenoxy) is 1. The molecule has 3 heterocycles. The van der Waals surface area contributed by atoms with Gasteiger partial charge in [-0.25, -0.2) is 9.97 Å². The molecule has 2 aromatic rings. The molecule has 122 valence electrons. The number of morpholine rings is 1. The van der Waals surface area contributed by atoms with Gasteiger partial charge in [-0.1, -0.05) is 11.8 Å². The summed E-state index contributed by atoms with van der Waals surface area (Å²) in [4.78, 5) is 22.5. The Balaban J connectivity index is 1.48. The maximum atomic E-state index is 11.9. The third kappa shape index (κ3) is 4.70. The lowest BCUT2D eigenvalue weighted by Gasteiger charge is -2.27. The van der Waals surface area contributed by atoms with Crippen LogP contribution in [0.15, 0.2) is 40.2 Å². The van der Waals surface area contributed by atoms with Gasteiger partial charge in [0, 0.05) is 19.2 Å². The predicted octanol–water partition coefficient (Wildman–Crippen LogP) is 1.31. The standard InChI is InChI=1S/C15H18N4O3S/c20-14(16-9-12-2-1-5-22-12)10-23-15-8-13(17-11-18-15)19-3-6-21-7-4-19/h1-2,5,8,11H,3-4,6-7,9-10H2,(H,16,20). The van der Waals surface area contributed by atoms with Crippen LogP contribution in [0.1, 0.15) is 5.76 Å². The van der Waals surface area contributed by atoms with Gasteiger partial charge in [-0.3, -0.25) is 4.79 Å². The number of nitrogens with one attached hydrogen (secondary N) is 1. The summed E-state index contributed by atoms with van der Waals surface area (Å²) >= 11 is 1.39. The van der Waals surface area contributed by atoms with E-state index in [1.54, 1.807) is 12.3 Å². The minimum absolute atomic E-state index is 0.0575. The fourth-order valence-electron chi connectivity index (χ4n) is 2.16. The zero-order valence-corrected chi connectivity index (χ0v) is 13.4. The van der Waals surface area contributed by atoms with Gasteiger partial charge in [0.2, 0.25) is 5.91 Å². The van der Waals surface area contributed by atoms with Crippen molar-refractivity contribution in [2.24, 2.45) is 0 Å². The normalized spacial score (nSPS) is 14.7. The summed E-state index contributed by atoms with van der Waals surface area (Å²) in [5.41, 5.74) is 0. The van der Waals surface area contributed by atoms with E-state index in [0.717, 1.165) is 29.7 Å². The quantitative estimate of drug-likeness (QED) is 0.630. The molecule has 1 aliphatic rings. The van der Waals surface area contributed by atoms with Crippen LogP contribution in [0, 0.1) is 0 Å². The highest BCUT2D eigenvalue weighted by atomic mass is 32.2. The van der Waals surface area contributed by atoms with Crippen LogP contribution >= 0.6 is 11.8 Å². The van der Waals surface area contributed by atoms with Gasteiger partial charge in [-0.05, 0) is 12.1 Å². The van der Waals surface area contributed by atoms with Crippen LogP contribution in [-0.4, -0.2) is 47.9 Å². The third-order valence-electron chi connectivity index (χ3n) is 3.35. The van der Waals surface area contributed by atoms with Crippen LogP contribution in [0.3, 0.4) is 0 Å². The highest BCUT2D eigenvalue weighted by Crippen LogP contribution is 2.20. The number of carbonyl (C=O) groups excluding carboxylic acids is 1. The average molecular weight is 334 g/mol. The molecule has 1 aliphatic heterocycles. The molecule has 0 aromatic carbocycles.